The highest BCUT2D eigenvalue weighted by molar-refractivity contribution is 6.07. The van der Waals surface area contributed by atoms with Gasteiger partial charge in [-0.15, -0.1) is 0 Å². The summed E-state index contributed by atoms with van der Waals surface area (Å²) in [5, 5.41) is 0. The van der Waals surface area contributed by atoms with Crippen LogP contribution in [0.1, 0.15) is 15.9 Å². The van der Waals surface area contributed by atoms with Gasteiger partial charge in [-0.05, 0) is 11.6 Å². The highest BCUT2D eigenvalue weighted by Gasteiger charge is 2.05. The molecular weight excluding hydrogens is 172 g/mol. The van der Waals surface area contributed by atoms with Crippen molar-refractivity contribution in [3.8, 4) is 0 Å². The Morgan fingerprint density at radius 1 is 0.786 bits per heavy atom. The third-order valence-corrected chi connectivity index (χ3v) is 2.08. The van der Waals surface area contributed by atoms with E-state index in [2.05, 4.69) is 0 Å². The van der Waals surface area contributed by atoms with Crippen LogP contribution in [0.4, 0.5) is 0 Å². The first-order chi connectivity index (χ1) is 6.88. The van der Waals surface area contributed by atoms with Gasteiger partial charge in [-0.25, -0.2) is 0 Å². The van der Waals surface area contributed by atoms with E-state index in [1.807, 2.05) is 48.6 Å². The van der Waals surface area contributed by atoms with Crippen LogP contribution in [0.25, 0.3) is 6.08 Å². The van der Waals surface area contributed by atoms with Gasteiger partial charge in [0.1, 0.15) is 0 Å². The predicted octanol–water partition coefficient (Wildman–Crippen LogP) is 3.01. The van der Waals surface area contributed by atoms with Crippen LogP contribution in [0, 0.1) is 0 Å². The van der Waals surface area contributed by atoms with Crippen LogP contribution in [-0.2, 0) is 0 Å². The normalized spacial score (nSPS) is 21.3. The molecule has 1 heteroatoms. The van der Waals surface area contributed by atoms with Crippen molar-refractivity contribution in [1.29, 1.82) is 0 Å². The second kappa shape index (κ2) is 3.88. The van der Waals surface area contributed by atoms with Gasteiger partial charge in [-0.3, -0.25) is 4.79 Å². The van der Waals surface area contributed by atoms with Crippen molar-refractivity contribution in [3.05, 3.63) is 65.8 Å². The molecule has 1 aromatic carbocycles. The maximum Gasteiger partial charge on any atom is 0.186 e. The van der Waals surface area contributed by atoms with E-state index < -0.39 is 0 Å². The Morgan fingerprint density at radius 2 is 1.50 bits per heavy atom. The zero-order chi connectivity index (χ0) is 9.80. The highest BCUT2D eigenvalue weighted by Crippen LogP contribution is 2.13. The zero-order valence-corrected chi connectivity index (χ0v) is 7.68. The number of carbonyl (C=O) groups excluding carboxylic acids is 1. The Labute approximate surface area is 83.1 Å². The predicted molar refractivity (Wildman–Crippen MR) is 58.1 cm³/mol. The summed E-state index contributed by atoms with van der Waals surface area (Å²) in [6, 6.07) is 7.60. The van der Waals surface area contributed by atoms with E-state index in [1.54, 1.807) is 12.2 Å². The van der Waals surface area contributed by atoms with Gasteiger partial charge in [0.25, 0.3) is 0 Å². The Hall–Kier alpha value is -1.89. The van der Waals surface area contributed by atoms with Crippen molar-refractivity contribution in [2.45, 2.75) is 0 Å². The summed E-state index contributed by atoms with van der Waals surface area (Å²) in [5.74, 6) is 0.0526. The molecule has 1 nitrogen and oxygen atoms in total. The molecule has 1 aliphatic carbocycles. The maximum absolute atomic E-state index is 11.7. The van der Waals surface area contributed by atoms with Crippen LogP contribution in [-0.4, -0.2) is 5.78 Å². The number of carbonyl (C=O) groups is 1. The number of hydrogen-bond donors (Lipinski definition) is 0. The molecule has 0 saturated heterocycles. The first-order valence-electron chi connectivity index (χ1n) is 4.53. The minimum Gasteiger partial charge on any atom is -0.289 e. The van der Waals surface area contributed by atoms with Gasteiger partial charge in [0.05, 0.1) is 0 Å². The molecule has 0 radical (unpaired) electrons. The van der Waals surface area contributed by atoms with Gasteiger partial charge in [0.15, 0.2) is 5.78 Å². The number of ketones is 1. The lowest BCUT2D eigenvalue weighted by atomic mass is 10.0. The van der Waals surface area contributed by atoms with Crippen molar-refractivity contribution in [3.63, 3.8) is 0 Å². The third kappa shape index (κ3) is 1.72. The first kappa shape index (κ1) is 8.70. The lowest BCUT2D eigenvalue weighted by Crippen LogP contribution is -1.96. The Balaban J connectivity index is 2.57. The van der Waals surface area contributed by atoms with Crippen molar-refractivity contribution in [1.82, 2.24) is 0 Å². The van der Waals surface area contributed by atoms with E-state index in [0.29, 0.717) is 0 Å². The lowest BCUT2D eigenvalue weighted by Gasteiger charge is -2.00. The van der Waals surface area contributed by atoms with E-state index >= 15 is 0 Å². The number of allylic oxidation sites excluding steroid dienone is 5. The number of benzene rings is 1. The molecule has 0 bridgehead atoms. The second-order valence-electron chi connectivity index (χ2n) is 3.05. The van der Waals surface area contributed by atoms with E-state index in [1.165, 1.54) is 0 Å². The second-order valence-corrected chi connectivity index (χ2v) is 3.05. The fourth-order valence-corrected chi connectivity index (χ4v) is 1.39. The number of hydrogen-bond acceptors (Lipinski definition) is 1. The number of fused-ring (bicyclic) bond motifs is 1. The maximum atomic E-state index is 11.7. The fraction of sp³-hybridized carbons (Fsp3) is 0. The summed E-state index contributed by atoms with van der Waals surface area (Å²) in [6.07, 6.45) is 11.0. The molecule has 0 atom stereocenters. The monoisotopic (exact) mass is 182 g/mol. The van der Waals surface area contributed by atoms with E-state index in [0.717, 1.165) is 11.1 Å². The smallest absolute Gasteiger partial charge is 0.186 e. The molecule has 0 aromatic heterocycles. The zero-order valence-electron chi connectivity index (χ0n) is 7.68. The molecular formula is C13H10O. The summed E-state index contributed by atoms with van der Waals surface area (Å²) >= 11 is 0. The highest BCUT2D eigenvalue weighted by atomic mass is 16.1. The van der Waals surface area contributed by atoms with Crippen LogP contribution < -0.4 is 0 Å². The molecule has 14 heavy (non-hydrogen) atoms. The topological polar surface area (TPSA) is 17.1 Å². The van der Waals surface area contributed by atoms with Crippen LogP contribution in [0.15, 0.2) is 54.6 Å². The van der Waals surface area contributed by atoms with Crippen molar-refractivity contribution < 1.29 is 4.79 Å². The van der Waals surface area contributed by atoms with Crippen molar-refractivity contribution >= 4 is 11.9 Å². The molecule has 2 rings (SSSR count). The SMILES string of the molecule is O=C1/C=C/C=C\C=C\c2ccccc21. The average Bonchev–Trinajstić information content (AvgIpc) is 2.30. The minimum absolute atomic E-state index is 0.0526. The fourth-order valence-electron chi connectivity index (χ4n) is 1.39. The summed E-state index contributed by atoms with van der Waals surface area (Å²) in [5.41, 5.74) is 1.72. The number of rotatable bonds is 0. The van der Waals surface area contributed by atoms with Crippen LogP contribution in [0.2, 0.25) is 0 Å². The largest absolute Gasteiger partial charge is 0.289 e. The molecule has 1 aromatic rings. The Bertz CT molecular complexity index is 436. The van der Waals surface area contributed by atoms with Gasteiger partial charge >= 0.3 is 0 Å². The summed E-state index contributed by atoms with van der Waals surface area (Å²) in [7, 11) is 0. The average molecular weight is 182 g/mol. The Morgan fingerprint density at radius 3 is 2.36 bits per heavy atom. The molecule has 0 spiro atoms. The van der Waals surface area contributed by atoms with Gasteiger partial charge in [-0.2, -0.15) is 0 Å². The molecule has 0 fully saturated rings. The lowest BCUT2D eigenvalue weighted by molar-refractivity contribution is 0.104. The molecule has 0 N–H and O–H groups in total. The van der Waals surface area contributed by atoms with E-state index in [4.69, 9.17) is 0 Å². The molecule has 1 aliphatic rings. The Kier molecular flexibility index (Phi) is 2.41. The van der Waals surface area contributed by atoms with Crippen molar-refractivity contribution in [2.75, 3.05) is 0 Å². The quantitative estimate of drug-likeness (QED) is 0.602. The van der Waals surface area contributed by atoms with Crippen LogP contribution in [0.5, 0.6) is 0 Å². The van der Waals surface area contributed by atoms with E-state index in [9.17, 15) is 4.79 Å². The van der Waals surface area contributed by atoms with Gasteiger partial charge < -0.3 is 0 Å². The molecule has 0 unspecified atom stereocenters. The summed E-state index contributed by atoms with van der Waals surface area (Å²) in [4.78, 5) is 11.7. The van der Waals surface area contributed by atoms with Gasteiger partial charge in [0, 0.05) is 5.56 Å². The third-order valence-electron chi connectivity index (χ3n) is 2.08. The first-order valence-corrected chi connectivity index (χ1v) is 4.53. The summed E-state index contributed by atoms with van der Waals surface area (Å²) in [6.45, 7) is 0. The van der Waals surface area contributed by atoms with E-state index in [-0.39, 0.29) is 5.78 Å². The molecule has 68 valence electrons. The molecule has 0 amide bonds. The molecule has 0 aliphatic heterocycles. The van der Waals surface area contributed by atoms with Crippen molar-refractivity contribution in [2.24, 2.45) is 0 Å². The van der Waals surface area contributed by atoms with Gasteiger partial charge in [-0.1, -0.05) is 54.6 Å². The van der Waals surface area contributed by atoms with Crippen LogP contribution >= 0.6 is 0 Å². The minimum atomic E-state index is 0.0526. The molecule has 0 heterocycles. The van der Waals surface area contributed by atoms with Gasteiger partial charge in [0.2, 0.25) is 0 Å². The molecule has 0 saturated carbocycles. The standard InChI is InChI=1S/C13H10O/c14-13-10-4-2-1-3-7-11-8-5-6-9-12(11)13/h1-10H/b2-1-,7-3+,10-4+. The summed E-state index contributed by atoms with van der Waals surface area (Å²) < 4.78 is 0. The van der Waals surface area contributed by atoms with Crippen LogP contribution in [0.3, 0.4) is 0 Å².